The van der Waals surface area contributed by atoms with Crippen molar-refractivity contribution in [3.05, 3.63) is 35.6 Å². The highest BCUT2D eigenvalue weighted by Gasteiger charge is 2.29. The predicted octanol–water partition coefficient (Wildman–Crippen LogP) is 3.11. The van der Waals surface area contributed by atoms with E-state index in [2.05, 4.69) is 10.2 Å². The van der Waals surface area contributed by atoms with Gasteiger partial charge in [-0.05, 0) is 94.8 Å². The van der Waals surface area contributed by atoms with Gasteiger partial charge in [0.1, 0.15) is 5.82 Å². The van der Waals surface area contributed by atoms with Gasteiger partial charge in [-0.15, -0.1) is 0 Å². The van der Waals surface area contributed by atoms with Gasteiger partial charge < -0.3 is 15.1 Å². The van der Waals surface area contributed by atoms with Crippen LogP contribution < -0.4 is 5.32 Å². The number of benzene rings is 1. The largest absolute Gasteiger partial charge is 0.335 e. The first-order valence-electron chi connectivity index (χ1n) is 12.6. The van der Waals surface area contributed by atoms with Crippen molar-refractivity contribution >= 4 is 21.7 Å². The second-order valence-electron chi connectivity index (χ2n) is 10.1. The number of hydrogen-bond acceptors (Lipinski definition) is 5. The Labute approximate surface area is 202 Å². The summed E-state index contributed by atoms with van der Waals surface area (Å²) in [7, 11) is -2.98. The van der Waals surface area contributed by atoms with Crippen LogP contribution in [-0.2, 0) is 9.84 Å². The average Bonchev–Trinajstić information content (AvgIpc) is 2.84. The summed E-state index contributed by atoms with van der Waals surface area (Å²) >= 11 is 0. The molecule has 1 aromatic carbocycles. The van der Waals surface area contributed by atoms with Crippen molar-refractivity contribution in [2.24, 2.45) is 11.8 Å². The summed E-state index contributed by atoms with van der Waals surface area (Å²) < 4.78 is 36.2. The van der Waals surface area contributed by atoms with Crippen LogP contribution in [0.1, 0.15) is 55.3 Å². The minimum atomic E-state index is -2.98. The lowest BCUT2D eigenvalue weighted by Crippen LogP contribution is -2.51. The maximum atomic E-state index is 13.1. The average molecular weight is 494 g/mol. The summed E-state index contributed by atoms with van der Waals surface area (Å²) in [6, 6.07) is 5.91. The Morgan fingerprint density at radius 3 is 2.15 bits per heavy atom. The molecule has 0 atom stereocenters. The number of urea groups is 1. The molecule has 2 heterocycles. The molecule has 4 rings (SSSR count). The van der Waals surface area contributed by atoms with Gasteiger partial charge in [-0.3, -0.25) is 4.79 Å². The highest BCUT2D eigenvalue weighted by Crippen LogP contribution is 2.28. The molecule has 3 fully saturated rings. The number of amides is 2. The third-order valence-electron chi connectivity index (χ3n) is 7.75. The topological polar surface area (TPSA) is 86.8 Å². The molecule has 1 aliphatic carbocycles. The molecule has 0 radical (unpaired) electrons. The molecule has 2 amide bonds. The normalized spacial score (nSPS) is 26.2. The van der Waals surface area contributed by atoms with Gasteiger partial charge in [0, 0.05) is 30.6 Å². The number of sulfone groups is 1. The number of nitrogens with zero attached hydrogens (tertiary/aromatic N) is 2. The van der Waals surface area contributed by atoms with E-state index in [1.165, 1.54) is 12.1 Å². The lowest BCUT2D eigenvalue weighted by molar-refractivity contribution is 0.0832. The molecule has 0 bridgehead atoms. The third kappa shape index (κ3) is 6.78. The number of nitrogens with one attached hydrogen (secondary N) is 1. The van der Waals surface area contributed by atoms with Crippen molar-refractivity contribution < 1.29 is 22.4 Å². The summed E-state index contributed by atoms with van der Waals surface area (Å²) in [6.07, 6.45) is 6.98. The fourth-order valence-electron chi connectivity index (χ4n) is 5.41. The lowest BCUT2D eigenvalue weighted by atomic mass is 9.83. The third-order valence-corrected chi connectivity index (χ3v) is 9.36. The smallest absolute Gasteiger partial charge is 0.317 e. The standard InChI is InChI=1S/C25H36FN3O4S/c26-22-5-3-20(4-6-22)24(30)21-10-13-28(14-11-21)12-9-19-1-7-23(8-2-19)27-25(31)29-15-17-34(32,33)18-16-29/h3-6,19,21,23H,1-2,7-18H2,(H,27,31)/t19-,23-. The van der Waals surface area contributed by atoms with Crippen molar-refractivity contribution in [1.29, 1.82) is 0 Å². The van der Waals surface area contributed by atoms with Gasteiger partial charge in [0.05, 0.1) is 11.5 Å². The van der Waals surface area contributed by atoms with E-state index in [0.717, 1.165) is 64.6 Å². The Kier molecular flexibility index (Phi) is 8.24. The predicted molar refractivity (Wildman–Crippen MR) is 129 cm³/mol. The van der Waals surface area contributed by atoms with E-state index < -0.39 is 9.84 Å². The molecule has 2 saturated heterocycles. The minimum absolute atomic E-state index is 0.0285. The Balaban J connectivity index is 1.11. The molecule has 9 heteroatoms. The number of piperidine rings is 1. The molecule has 34 heavy (non-hydrogen) atoms. The van der Waals surface area contributed by atoms with Gasteiger partial charge in [0.2, 0.25) is 0 Å². The molecular weight excluding hydrogens is 457 g/mol. The van der Waals surface area contributed by atoms with E-state index in [1.807, 2.05) is 0 Å². The zero-order valence-electron chi connectivity index (χ0n) is 19.8. The van der Waals surface area contributed by atoms with Crippen molar-refractivity contribution in [3.63, 3.8) is 0 Å². The second-order valence-corrected chi connectivity index (χ2v) is 12.4. The lowest BCUT2D eigenvalue weighted by Gasteiger charge is -2.35. The first-order valence-corrected chi connectivity index (χ1v) is 14.4. The molecule has 0 unspecified atom stereocenters. The van der Waals surface area contributed by atoms with Crippen LogP contribution in [0, 0.1) is 17.7 Å². The quantitative estimate of drug-likeness (QED) is 0.616. The van der Waals surface area contributed by atoms with Crippen LogP contribution in [0.4, 0.5) is 9.18 Å². The van der Waals surface area contributed by atoms with Gasteiger partial charge >= 0.3 is 6.03 Å². The number of halogens is 1. The number of likely N-dealkylation sites (tertiary alicyclic amines) is 1. The molecule has 0 aromatic heterocycles. The Bertz CT molecular complexity index is 939. The highest BCUT2D eigenvalue weighted by molar-refractivity contribution is 7.91. The van der Waals surface area contributed by atoms with Crippen LogP contribution in [-0.4, -0.2) is 80.3 Å². The van der Waals surface area contributed by atoms with Crippen LogP contribution >= 0.6 is 0 Å². The Morgan fingerprint density at radius 1 is 0.912 bits per heavy atom. The molecule has 0 spiro atoms. The number of hydrogen-bond donors (Lipinski definition) is 1. The van der Waals surface area contributed by atoms with Crippen molar-refractivity contribution in [1.82, 2.24) is 15.1 Å². The molecule has 2 aliphatic heterocycles. The number of carbonyl (C=O) groups is 2. The van der Waals surface area contributed by atoms with E-state index in [1.54, 1.807) is 17.0 Å². The molecule has 188 valence electrons. The van der Waals surface area contributed by atoms with Crippen LogP contribution in [0.2, 0.25) is 0 Å². The van der Waals surface area contributed by atoms with E-state index in [4.69, 9.17) is 0 Å². The maximum absolute atomic E-state index is 13.1. The summed E-state index contributed by atoms with van der Waals surface area (Å²) in [6.45, 7) is 3.47. The Hall–Kier alpha value is -2.00. The van der Waals surface area contributed by atoms with Crippen molar-refractivity contribution in [3.8, 4) is 0 Å². The number of carbonyl (C=O) groups excluding carboxylic acids is 2. The zero-order valence-corrected chi connectivity index (χ0v) is 20.6. The fraction of sp³-hybridized carbons (Fsp3) is 0.680. The van der Waals surface area contributed by atoms with Gasteiger partial charge in [-0.1, -0.05) is 0 Å². The molecule has 7 nitrogen and oxygen atoms in total. The maximum Gasteiger partial charge on any atom is 0.317 e. The number of Topliss-reactive ketones (excluding diaryl/α,β-unsaturated/α-hetero) is 1. The molecular formula is C25H36FN3O4S. The zero-order chi connectivity index (χ0) is 24.1. The van der Waals surface area contributed by atoms with Crippen LogP contribution in [0.3, 0.4) is 0 Å². The summed E-state index contributed by atoms with van der Waals surface area (Å²) in [5.41, 5.74) is 0.606. The monoisotopic (exact) mass is 493 g/mol. The molecule has 1 saturated carbocycles. The van der Waals surface area contributed by atoms with Crippen LogP contribution in [0.25, 0.3) is 0 Å². The first-order chi connectivity index (χ1) is 16.3. The van der Waals surface area contributed by atoms with Gasteiger partial charge in [-0.25, -0.2) is 17.6 Å². The van der Waals surface area contributed by atoms with Crippen molar-refractivity contribution in [2.75, 3.05) is 44.2 Å². The van der Waals surface area contributed by atoms with E-state index >= 15 is 0 Å². The first kappa shape index (κ1) is 25.1. The molecule has 1 N–H and O–H groups in total. The summed E-state index contributed by atoms with van der Waals surface area (Å²) in [5.74, 6) is 0.622. The summed E-state index contributed by atoms with van der Waals surface area (Å²) in [5, 5.41) is 3.10. The van der Waals surface area contributed by atoms with Crippen LogP contribution in [0.5, 0.6) is 0 Å². The highest BCUT2D eigenvalue weighted by atomic mass is 32.2. The summed E-state index contributed by atoms with van der Waals surface area (Å²) in [4.78, 5) is 29.2. The van der Waals surface area contributed by atoms with E-state index in [9.17, 15) is 22.4 Å². The van der Waals surface area contributed by atoms with Gasteiger partial charge in [0.25, 0.3) is 0 Å². The van der Waals surface area contributed by atoms with Crippen molar-refractivity contribution in [2.45, 2.75) is 51.0 Å². The van der Waals surface area contributed by atoms with E-state index in [-0.39, 0.29) is 54.2 Å². The molecule has 1 aromatic rings. The van der Waals surface area contributed by atoms with E-state index in [0.29, 0.717) is 11.5 Å². The SMILES string of the molecule is O=C(c1ccc(F)cc1)C1CCN(CC[C@H]2CC[C@H](NC(=O)N3CCS(=O)(=O)CC3)CC2)CC1. The van der Waals surface area contributed by atoms with Crippen LogP contribution in [0.15, 0.2) is 24.3 Å². The minimum Gasteiger partial charge on any atom is -0.335 e. The molecule has 3 aliphatic rings. The Morgan fingerprint density at radius 2 is 1.53 bits per heavy atom. The number of rotatable bonds is 6. The fourth-order valence-corrected chi connectivity index (χ4v) is 6.61. The van der Waals surface area contributed by atoms with Gasteiger partial charge in [0.15, 0.2) is 15.6 Å². The number of ketones is 1. The second kappa shape index (κ2) is 11.2. The van der Waals surface area contributed by atoms with Gasteiger partial charge in [-0.2, -0.15) is 0 Å².